The van der Waals surface area contributed by atoms with Gasteiger partial charge in [-0.05, 0) is 55.2 Å². The molecule has 0 aromatic heterocycles. The normalized spacial score (nSPS) is 15.0. The Bertz CT molecular complexity index is 985. The van der Waals surface area contributed by atoms with Gasteiger partial charge in [-0.2, -0.15) is 4.31 Å². The number of rotatable bonds is 8. The van der Waals surface area contributed by atoms with E-state index in [9.17, 15) is 13.2 Å². The van der Waals surface area contributed by atoms with Crippen LogP contribution in [0.3, 0.4) is 0 Å². The minimum atomic E-state index is -3.66. The zero-order valence-electron chi connectivity index (χ0n) is 17.4. The SMILES string of the molecule is COc1cccc(CCCNC(=O)c2ccc(C)c(S(=O)(=O)N3CCOCC3)c2)c1. The van der Waals surface area contributed by atoms with E-state index in [2.05, 4.69) is 5.32 Å². The van der Waals surface area contributed by atoms with E-state index in [4.69, 9.17) is 9.47 Å². The number of methoxy groups -OCH3 is 1. The smallest absolute Gasteiger partial charge is 0.251 e. The van der Waals surface area contributed by atoms with Crippen molar-refractivity contribution in [2.75, 3.05) is 40.0 Å². The molecule has 3 rings (SSSR count). The van der Waals surface area contributed by atoms with E-state index in [1.165, 1.54) is 10.4 Å². The number of hydrogen-bond donors (Lipinski definition) is 1. The monoisotopic (exact) mass is 432 g/mol. The summed E-state index contributed by atoms with van der Waals surface area (Å²) in [5, 5.41) is 2.88. The topological polar surface area (TPSA) is 84.9 Å². The van der Waals surface area contributed by atoms with Crippen LogP contribution in [0.5, 0.6) is 5.75 Å². The molecule has 2 aromatic rings. The van der Waals surface area contributed by atoms with E-state index in [1.807, 2.05) is 24.3 Å². The predicted octanol–water partition coefficient (Wildman–Crippen LogP) is 2.39. The highest BCUT2D eigenvalue weighted by molar-refractivity contribution is 7.89. The molecule has 0 bridgehead atoms. The Morgan fingerprint density at radius 1 is 1.17 bits per heavy atom. The predicted molar refractivity (Wildman–Crippen MR) is 114 cm³/mol. The molecule has 1 amide bonds. The number of benzene rings is 2. The number of aryl methyl sites for hydroxylation is 2. The molecule has 0 unspecified atom stereocenters. The van der Waals surface area contributed by atoms with Crippen molar-refractivity contribution < 1.29 is 22.7 Å². The first-order valence-corrected chi connectivity index (χ1v) is 11.5. The van der Waals surface area contributed by atoms with Crippen molar-refractivity contribution in [1.29, 1.82) is 0 Å². The number of carbonyl (C=O) groups is 1. The van der Waals surface area contributed by atoms with Gasteiger partial charge in [-0.1, -0.05) is 18.2 Å². The third kappa shape index (κ3) is 5.38. The maximum Gasteiger partial charge on any atom is 0.251 e. The van der Waals surface area contributed by atoms with E-state index in [-0.39, 0.29) is 10.8 Å². The molecule has 0 radical (unpaired) electrons. The van der Waals surface area contributed by atoms with E-state index >= 15 is 0 Å². The van der Waals surface area contributed by atoms with E-state index in [1.54, 1.807) is 26.2 Å². The Hall–Kier alpha value is -2.42. The fraction of sp³-hybridized carbons (Fsp3) is 0.409. The summed E-state index contributed by atoms with van der Waals surface area (Å²) in [6.45, 7) is 3.64. The fourth-order valence-electron chi connectivity index (χ4n) is 3.37. The molecule has 2 aromatic carbocycles. The van der Waals surface area contributed by atoms with Gasteiger partial charge in [-0.3, -0.25) is 4.79 Å². The van der Waals surface area contributed by atoms with Crippen LogP contribution < -0.4 is 10.1 Å². The van der Waals surface area contributed by atoms with Gasteiger partial charge in [-0.15, -0.1) is 0 Å². The lowest BCUT2D eigenvalue weighted by Gasteiger charge is -2.26. The van der Waals surface area contributed by atoms with Gasteiger partial charge in [0, 0.05) is 25.2 Å². The zero-order valence-corrected chi connectivity index (χ0v) is 18.2. The minimum absolute atomic E-state index is 0.174. The van der Waals surface area contributed by atoms with Crippen LogP contribution in [0.4, 0.5) is 0 Å². The fourth-order valence-corrected chi connectivity index (χ4v) is 5.03. The molecule has 1 heterocycles. The van der Waals surface area contributed by atoms with Crippen molar-refractivity contribution in [3.8, 4) is 5.75 Å². The summed E-state index contributed by atoms with van der Waals surface area (Å²) >= 11 is 0. The second-order valence-corrected chi connectivity index (χ2v) is 9.11. The molecule has 1 N–H and O–H groups in total. The maximum atomic E-state index is 13.0. The first kappa shape index (κ1) is 22.3. The third-order valence-electron chi connectivity index (χ3n) is 5.10. The minimum Gasteiger partial charge on any atom is -0.497 e. The number of nitrogens with zero attached hydrogens (tertiary/aromatic N) is 1. The van der Waals surface area contributed by atoms with Crippen LogP contribution >= 0.6 is 0 Å². The van der Waals surface area contributed by atoms with Crippen LogP contribution in [0.2, 0.25) is 0 Å². The van der Waals surface area contributed by atoms with Gasteiger partial charge < -0.3 is 14.8 Å². The van der Waals surface area contributed by atoms with Crippen LogP contribution in [0.25, 0.3) is 0 Å². The van der Waals surface area contributed by atoms with Gasteiger partial charge >= 0.3 is 0 Å². The maximum absolute atomic E-state index is 13.0. The number of sulfonamides is 1. The number of ether oxygens (including phenoxy) is 2. The molecule has 7 nitrogen and oxygen atoms in total. The summed E-state index contributed by atoms with van der Waals surface area (Å²) in [6.07, 6.45) is 1.58. The molecule has 1 saturated heterocycles. The van der Waals surface area contributed by atoms with Crippen molar-refractivity contribution in [2.24, 2.45) is 0 Å². The van der Waals surface area contributed by atoms with E-state index < -0.39 is 10.0 Å². The van der Waals surface area contributed by atoms with Crippen molar-refractivity contribution in [3.05, 3.63) is 59.2 Å². The lowest BCUT2D eigenvalue weighted by molar-refractivity contribution is 0.0730. The standard InChI is InChI=1S/C22H28N2O5S/c1-17-8-9-19(16-21(17)30(26,27)24-11-13-29-14-12-24)22(25)23-10-4-6-18-5-3-7-20(15-18)28-2/h3,5,7-9,15-16H,4,6,10-14H2,1-2H3,(H,23,25). The van der Waals surface area contributed by atoms with Gasteiger partial charge in [0.25, 0.3) is 5.91 Å². The number of amides is 1. The molecular formula is C22H28N2O5S. The molecular weight excluding hydrogens is 404 g/mol. The Balaban J connectivity index is 1.61. The first-order chi connectivity index (χ1) is 14.4. The largest absolute Gasteiger partial charge is 0.497 e. The lowest BCUT2D eigenvalue weighted by Crippen LogP contribution is -2.41. The average molecular weight is 433 g/mol. The summed E-state index contributed by atoms with van der Waals surface area (Å²) in [6, 6.07) is 12.6. The molecule has 162 valence electrons. The highest BCUT2D eigenvalue weighted by Crippen LogP contribution is 2.22. The second kappa shape index (κ2) is 10.1. The molecule has 1 fully saturated rings. The molecule has 30 heavy (non-hydrogen) atoms. The Labute approximate surface area is 178 Å². The second-order valence-electron chi connectivity index (χ2n) is 7.21. The van der Waals surface area contributed by atoms with Gasteiger partial charge in [-0.25, -0.2) is 8.42 Å². The van der Waals surface area contributed by atoms with Crippen LogP contribution in [0.15, 0.2) is 47.4 Å². The van der Waals surface area contributed by atoms with E-state index in [0.717, 1.165) is 24.2 Å². The van der Waals surface area contributed by atoms with Crippen LogP contribution in [-0.4, -0.2) is 58.6 Å². The highest BCUT2D eigenvalue weighted by atomic mass is 32.2. The number of carbonyl (C=O) groups excluding carboxylic acids is 1. The number of nitrogens with one attached hydrogen (secondary N) is 1. The van der Waals surface area contributed by atoms with Crippen LogP contribution in [-0.2, 0) is 21.2 Å². The van der Waals surface area contributed by atoms with Crippen molar-refractivity contribution in [3.63, 3.8) is 0 Å². The van der Waals surface area contributed by atoms with Crippen molar-refractivity contribution in [1.82, 2.24) is 9.62 Å². The Morgan fingerprint density at radius 2 is 1.93 bits per heavy atom. The Morgan fingerprint density at radius 3 is 2.67 bits per heavy atom. The van der Waals surface area contributed by atoms with Crippen LogP contribution in [0, 0.1) is 6.92 Å². The van der Waals surface area contributed by atoms with Crippen LogP contribution in [0.1, 0.15) is 27.9 Å². The van der Waals surface area contributed by atoms with Gasteiger partial charge in [0.15, 0.2) is 0 Å². The summed E-state index contributed by atoms with van der Waals surface area (Å²) < 4.78 is 37.8. The summed E-state index contributed by atoms with van der Waals surface area (Å²) in [5.74, 6) is 0.532. The summed E-state index contributed by atoms with van der Waals surface area (Å²) in [5.41, 5.74) is 2.10. The first-order valence-electron chi connectivity index (χ1n) is 10.0. The van der Waals surface area contributed by atoms with Gasteiger partial charge in [0.05, 0.1) is 25.2 Å². The van der Waals surface area contributed by atoms with Crippen molar-refractivity contribution >= 4 is 15.9 Å². The van der Waals surface area contributed by atoms with E-state index in [0.29, 0.717) is 44.0 Å². The zero-order chi connectivity index (χ0) is 21.6. The lowest BCUT2D eigenvalue weighted by atomic mass is 10.1. The quantitative estimate of drug-likeness (QED) is 0.648. The number of morpholine rings is 1. The average Bonchev–Trinajstić information content (AvgIpc) is 2.77. The number of hydrogen-bond acceptors (Lipinski definition) is 5. The Kier molecular flexibility index (Phi) is 7.47. The summed E-state index contributed by atoms with van der Waals surface area (Å²) in [7, 11) is -2.02. The molecule has 0 aliphatic carbocycles. The third-order valence-corrected chi connectivity index (χ3v) is 7.14. The van der Waals surface area contributed by atoms with Gasteiger partial charge in [0.2, 0.25) is 10.0 Å². The molecule has 1 aliphatic heterocycles. The molecule has 8 heteroatoms. The van der Waals surface area contributed by atoms with Gasteiger partial charge in [0.1, 0.15) is 5.75 Å². The summed E-state index contributed by atoms with van der Waals surface area (Å²) in [4.78, 5) is 12.7. The van der Waals surface area contributed by atoms with Crippen molar-refractivity contribution in [2.45, 2.75) is 24.7 Å². The molecule has 1 aliphatic rings. The highest BCUT2D eigenvalue weighted by Gasteiger charge is 2.28. The molecule has 0 spiro atoms. The molecule has 0 atom stereocenters. The molecule has 0 saturated carbocycles.